The molecule has 5 N–H and O–H groups in total. The van der Waals surface area contributed by atoms with Crippen LogP contribution in [0.5, 0.6) is 0 Å². The maximum Gasteiger partial charge on any atom is 1.00 e. The second-order valence-electron chi connectivity index (χ2n) is 9.03. The van der Waals surface area contributed by atoms with Gasteiger partial charge in [0.1, 0.15) is 0 Å². The molecule has 230 valence electrons. The van der Waals surface area contributed by atoms with Gasteiger partial charge in [-0.1, -0.05) is 48.5 Å². The zero-order valence-electron chi connectivity index (χ0n) is 25.0. The maximum absolute atomic E-state index is 12.3. The number of hydrogen-bond acceptors (Lipinski definition) is 9. The smallest absolute Gasteiger partial charge is 0.398 e. The third-order valence-corrected chi connectivity index (χ3v) is 9.52. The van der Waals surface area contributed by atoms with E-state index in [-0.39, 0.29) is 45.3 Å². The summed E-state index contributed by atoms with van der Waals surface area (Å²) in [4.78, 5) is 20.7. The molecule has 0 spiro atoms. The van der Waals surface area contributed by atoms with Crippen LogP contribution in [0.2, 0.25) is 0 Å². The first kappa shape index (κ1) is 38.3. The Labute approximate surface area is 278 Å². The van der Waals surface area contributed by atoms with E-state index in [1.807, 2.05) is 6.07 Å². The molecule has 44 heavy (non-hydrogen) atoms. The number of nitrogens with zero attached hydrogens (tertiary/aromatic N) is 5. The van der Waals surface area contributed by atoms with Gasteiger partial charge in [0.25, 0.3) is 0 Å². The zero-order chi connectivity index (χ0) is 32.4. The number of carbonyl (C=O) groups is 1. The molecular formula is C26H32N9NaO6S2. The number of anilines is 2. The van der Waals surface area contributed by atoms with E-state index in [2.05, 4.69) is 15.8 Å². The number of hydrazine groups is 1. The largest absolute Gasteiger partial charge is 1.00 e. The van der Waals surface area contributed by atoms with Crippen LogP contribution in [0.1, 0.15) is 6.92 Å². The molecule has 0 saturated heterocycles. The molecule has 4 rings (SSSR count). The fourth-order valence-corrected chi connectivity index (χ4v) is 5.97. The number of nitroso groups, excluding NO2 is 1. The van der Waals surface area contributed by atoms with Crippen molar-refractivity contribution in [3.8, 4) is 0 Å². The van der Waals surface area contributed by atoms with E-state index in [4.69, 9.17) is 16.2 Å². The fraction of sp³-hybridized carbons (Fsp3) is 0.192. The summed E-state index contributed by atoms with van der Waals surface area (Å²) in [5.74, 6) is -0.196. The van der Waals surface area contributed by atoms with Crippen molar-refractivity contribution in [2.45, 2.75) is 16.7 Å². The van der Waals surface area contributed by atoms with Crippen molar-refractivity contribution in [2.75, 3.05) is 39.2 Å². The van der Waals surface area contributed by atoms with Crippen molar-refractivity contribution in [3.63, 3.8) is 0 Å². The molecule has 4 aromatic rings. The predicted octanol–water partition coefficient (Wildman–Crippen LogP) is 0.423. The molecule has 4 aromatic carbocycles. The predicted molar refractivity (Wildman–Crippen MR) is 166 cm³/mol. The minimum atomic E-state index is -3.53. The second-order valence-corrected chi connectivity index (χ2v) is 13.3. The molecule has 0 bridgehead atoms. The van der Waals surface area contributed by atoms with Crippen LogP contribution in [-0.2, 0) is 24.8 Å². The van der Waals surface area contributed by atoms with E-state index in [0.717, 1.165) is 5.39 Å². The van der Waals surface area contributed by atoms with Gasteiger partial charge in [0, 0.05) is 68.0 Å². The number of amides is 1. The van der Waals surface area contributed by atoms with Crippen LogP contribution in [0.3, 0.4) is 0 Å². The molecule has 0 aromatic heterocycles. The average Bonchev–Trinajstić information content (AvgIpc) is 2.96. The Kier molecular flexibility index (Phi) is 14.8. The summed E-state index contributed by atoms with van der Waals surface area (Å²) in [5, 5.41) is 9.74. The van der Waals surface area contributed by atoms with Crippen molar-refractivity contribution in [3.05, 3.63) is 83.2 Å². The molecule has 18 heteroatoms. The van der Waals surface area contributed by atoms with Crippen LogP contribution >= 0.6 is 0 Å². The summed E-state index contributed by atoms with van der Waals surface area (Å²) in [6.45, 7) is 1.42. The molecule has 0 aliphatic heterocycles. The molecule has 0 saturated carbocycles. The number of fused-ring (bicyclic) bond motifs is 2. The molecule has 0 unspecified atom stereocenters. The molecule has 15 nitrogen and oxygen atoms in total. The number of nitrogen functional groups attached to an aromatic ring is 1. The summed E-state index contributed by atoms with van der Waals surface area (Å²) in [5.41, 5.74) is 17.7. The van der Waals surface area contributed by atoms with Crippen LogP contribution in [0, 0.1) is 4.91 Å². The van der Waals surface area contributed by atoms with Crippen molar-refractivity contribution in [1.29, 1.82) is 0 Å². The Bertz CT molecular complexity index is 1830. The van der Waals surface area contributed by atoms with Crippen LogP contribution in [0.4, 0.5) is 11.4 Å². The van der Waals surface area contributed by atoms with E-state index in [9.17, 15) is 21.6 Å². The topological polar surface area (TPSA) is 218 Å². The molecule has 0 fully saturated rings. The zero-order valence-corrected chi connectivity index (χ0v) is 28.6. The Morgan fingerprint density at radius 1 is 0.727 bits per heavy atom. The van der Waals surface area contributed by atoms with E-state index < -0.39 is 20.0 Å². The normalized spacial score (nSPS) is 10.9. The summed E-state index contributed by atoms with van der Waals surface area (Å²) in [6.07, 6.45) is 0. The number of benzene rings is 4. The molecule has 0 aliphatic carbocycles. The van der Waals surface area contributed by atoms with Gasteiger partial charge in [0.05, 0.1) is 15.1 Å². The van der Waals surface area contributed by atoms with Crippen molar-refractivity contribution < 1.29 is 51.2 Å². The van der Waals surface area contributed by atoms with Crippen molar-refractivity contribution in [2.24, 2.45) is 10.5 Å². The average molecular weight is 654 g/mol. The standard InChI is InChI=1S/C14H16N2O3S.C12H14N2O2S.H2N5O.Na/c1-10(17)15-13-8-4-7-12-11(13)6-5-9-14(12)20(18,19)16(2)3;1-14(2)17(15,16)12-8-4-5-9-10(12)6-3-7-11(9)13;1-2-3-4-5-6;/h4-9H,1-3H3,(H,15,17);3-8H,13H2,1-2H3;(H2-,1,2,3,4,5,6);/q;;-1;+1. The summed E-state index contributed by atoms with van der Waals surface area (Å²) in [6, 6.07) is 20.6. The first-order chi connectivity index (χ1) is 20.2. The second kappa shape index (κ2) is 17.0. The van der Waals surface area contributed by atoms with Gasteiger partial charge in [-0.3, -0.25) is 10.0 Å². The first-order valence-corrected chi connectivity index (χ1v) is 15.2. The molecular weight excluding hydrogens is 621 g/mol. The Balaban J connectivity index is 0.000000368. The van der Waals surface area contributed by atoms with E-state index in [1.54, 1.807) is 77.8 Å². The third-order valence-electron chi connectivity index (χ3n) is 5.77. The first-order valence-electron chi connectivity index (χ1n) is 12.3. The van der Waals surface area contributed by atoms with Crippen LogP contribution in [0.25, 0.3) is 27.1 Å². The number of nitrogens with two attached hydrogens (primary N) is 1. The van der Waals surface area contributed by atoms with E-state index >= 15 is 0 Å². The van der Waals surface area contributed by atoms with Crippen molar-refractivity contribution in [1.82, 2.24) is 19.7 Å². The fourth-order valence-electron chi connectivity index (χ4n) is 3.77. The molecule has 0 atom stereocenters. The number of sulfonamides is 2. The Morgan fingerprint density at radius 2 is 1.16 bits per heavy atom. The molecule has 0 aliphatic rings. The Hall–Kier alpha value is -3.71. The monoisotopic (exact) mass is 653 g/mol. The van der Waals surface area contributed by atoms with E-state index in [1.165, 1.54) is 43.7 Å². The summed E-state index contributed by atoms with van der Waals surface area (Å²) >= 11 is 0. The molecule has 0 radical (unpaired) electrons. The third kappa shape index (κ3) is 9.39. The summed E-state index contributed by atoms with van der Waals surface area (Å²) < 4.78 is 51.3. The maximum atomic E-state index is 12.3. The quantitative estimate of drug-likeness (QED) is 0.0517. The van der Waals surface area contributed by atoms with Gasteiger partial charge in [-0.25, -0.2) is 31.0 Å². The number of carbonyl (C=O) groups excluding carboxylic acids is 1. The van der Waals surface area contributed by atoms with Crippen molar-refractivity contribution >= 4 is 58.9 Å². The van der Waals surface area contributed by atoms with Gasteiger partial charge in [-0.2, -0.15) is 0 Å². The minimum Gasteiger partial charge on any atom is -0.398 e. The van der Waals surface area contributed by atoms with Crippen LogP contribution in [-0.4, -0.2) is 59.5 Å². The number of rotatable bonds is 8. The minimum absolute atomic E-state index is 0. The van der Waals surface area contributed by atoms with Gasteiger partial charge in [-0.05, 0) is 24.3 Å². The number of hydrogen-bond donors (Lipinski definition) is 4. The van der Waals surface area contributed by atoms with Crippen LogP contribution in [0.15, 0.2) is 93.1 Å². The van der Waals surface area contributed by atoms with Gasteiger partial charge in [0.15, 0.2) is 0 Å². The van der Waals surface area contributed by atoms with Gasteiger partial charge < -0.3 is 22.1 Å². The molecule has 1 amide bonds. The number of nitrogens with one attached hydrogen (secondary N) is 3. The van der Waals surface area contributed by atoms with Gasteiger partial charge in [0.2, 0.25) is 26.0 Å². The van der Waals surface area contributed by atoms with Crippen LogP contribution < -0.4 is 51.7 Å². The summed E-state index contributed by atoms with van der Waals surface area (Å²) in [7, 11) is -0.958. The van der Waals surface area contributed by atoms with Gasteiger partial charge >= 0.3 is 29.6 Å². The SMILES string of the molecule is CC(=O)Nc1cccc2c(S(=O)(=O)N(C)C)cccc12.CN(C)S(=O)(=O)c1cccc2c(N)cccc12.[N-]=NNNN=O.[Na+]. The van der Waals surface area contributed by atoms with Gasteiger partial charge in [-0.15, -0.1) is 4.91 Å². The Morgan fingerprint density at radius 3 is 1.59 bits per heavy atom. The molecule has 0 heterocycles. The van der Waals surface area contributed by atoms with E-state index in [0.29, 0.717) is 27.5 Å².